The quantitative estimate of drug-likeness (QED) is 0.145. The standard InChI is InChI=1S/C36H43NO3/c1-3-4-5-6-8-12-29-17-19-30(20-18-29)15-11-26-37-28(2)16-25-34(37)32-21-23-33(24-22-32)40-35(36(38)39)27-31-13-9-7-10-14-31/h7,9-10,13-14,16-25,35H,3-6,8,11-12,15,26-27H2,1-2H3,(H,38,39)/t35-/m1/s1. The first kappa shape index (κ1) is 29.2. The summed E-state index contributed by atoms with van der Waals surface area (Å²) in [6, 6.07) is 30.9. The Hall–Kier alpha value is -3.79. The Morgan fingerprint density at radius 1 is 0.750 bits per heavy atom. The second kappa shape index (κ2) is 15.1. The smallest absolute Gasteiger partial charge is 0.345 e. The maximum Gasteiger partial charge on any atom is 0.345 e. The van der Waals surface area contributed by atoms with Crippen LogP contribution in [0.5, 0.6) is 5.75 Å². The minimum Gasteiger partial charge on any atom is -0.478 e. The highest BCUT2D eigenvalue weighted by Crippen LogP contribution is 2.26. The van der Waals surface area contributed by atoms with E-state index in [0.717, 1.165) is 30.5 Å². The van der Waals surface area contributed by atoms with Crippen LogP contribution in [0, 0.1) is 6.92 Å². The first-order valence-corrected chi connectivity index (χ1v) is 14.8. The summed E-state index contributed by atoms with van der Waals surface area (Å²) in [6.07, 6.45) is 9.32. The molecular weight excluding hydrogens is 494 g/mol. The molecule has 4 rings (SSSR count). The number of rotatable bonds is 16. The van der Waals surface area contributed by atoms with Crippen molar-refractivity contribution in [1.82, 2.24) is 4.57 Å². The topological polar surface area (TPSA) is 51.5 Å². The van der Waals surface area contributed by atoms with Crippen LogP contribution in [-0.4, -0.2) is 21.7 Å². The largest absolute Gasteiger partial charge is 0.478 e. The zero-order chi connectivity index (χ0) is 28.2. The molecule has 4 aromatic rings. The summed E-state index contributed by atoms with van der Waals surface area (Å²) in [4.78, 5) is 11.8. The average Bonchev–Trinajstić information content (AvgIpc) is 3.34. The van der Waals surface area contributed by atoms with Crippen molar-refractivity contribution in [3.8, 4) is 17.0 Å². The zero-order valence-corrected chi connectivity index (χ0v) is 24.0. The summed E-state index contributed by atoms with van der Waals surface area (Å²) in [6.45, 7) is 5.36. The van der Waals surface area contributed by atoms with Gasteiger partial charge in [0.25, 0.3) is 0 Å². The van der Waals surface area contributed by atoms with Crippen LogP contribution in [-0.2, 0) is 30.6 Å². The van der Waals surface area contributed by atoms with Gasteiger partial charge in [-0.25, -0.2) is 4.79 Å². The highest BCUT2D eigenvalue weighted by atomic mass is 16.5. The van der Waals surface area contributed by atoms with Crippen molar-refractivity contribution in [1.29, 1.82) is 0 Å². The van der Waals surface area contributed by atoms with Crippen molar-refractivity contribution in [3.05, 3.63) is 113 Å². The van der Waals surface area contributed by atoms with E-state index in [1.54, 1.807) is 0 Å². The van der Waals surface area contributed by atoms with Crippen LogP contribution in [0.15, 0.2) is 91.0 Å². The Bertz CT molecular complexity index is 1310. The highest BCUT2D eigenvalue weighted by Gasteiger charge is 2.20. The molecule has 0 amide bonds. The van der Waals surface area contributed by atoms with Gasteiger partial charge in [-0.05, 0) is 91.3 Å². The lowest BCUT2D eigenvalue weighted by Gasteiger charge is -2.16. The first-order chi connectivity index (χ1) is 19.5. The van der Waals surface area contributed by atoms with Gasteiger partial charge in [0, 0.05) is 24.4 Å². The van der Waals surface area contributed by atoms with Gasteiger partial charge in [-0.1, -0.05) is 87.2 Å². The number of hydrogen-bond acceptors (Lipinski definition) is 2. The van der Waals surface area contributed by atoms with Gasteiger partial charge in [-0.15, -0.1) is 0 Å². The molecule has 1 aromatic heterocycles. The SMILES string of the molecule is CCCCCCCc1ccc(CCCn2c(C)ccc2-c2ccc(O[C@H](Cc3ccccc3)C(=O)O)cc2)cc1. The number of aromatic nitrogens is 1. The van der Waals surface area contributed by atoms with Gasteiger partial charge in [0.05, 0.1) is 0 Å². The van der Waals surface area contributed by atoms with E-state index in [4.69, 9.17) is 4.74 Å². The van der Waals surface area contributed by atoms with Gasteiger partial charge in [-0.2, -0.15) is 0 Å². The fourth-order valence-electron chi connectivity index (χ4n) is 5.24. The number of ether oxygens (including phenoxy) is 1. The van der Waals surface area contributed by atoms with E-state index in [0.29, 0.717) is 12.2 Å². The average molecular weight is 538 g/mol. The molecule has 1 atom stereocenters. The molecular formula is C36H43NO3. The van der Waals surface area contributed by atoms with Crippen LogP contribution >= 0.6 is 0 Å². The molecule has 0 aliphatic rings. The summed E-state index contributed by atoms with van der Waals surface area (Å²) in [7, 11) is 0. The Morgan fingerprint density at radius 2 is 1.40 bits per heavy atom. The van der Waals surface area contributed by atoms with Gasteiger partial charge in [-0.3, -0.25) is 0 Å². The minimum absolute atomic E-state index is 0.321. The van der Waals surface area contributed by atoms with Crippen molar-refractivity contribution in [3.63, 3.8) is 0 Å². The van der Waals surface area contributed by atoms with Crippen LogP contribution in [0.25, 0.3) is 11.3 Å². The van der Waals surface area contributed by atoms with E-state index in [1.807, 2.05) is 54.6 Å². The molecule has 0 bridgehead atoms. The first-order valence-electron chi connectivity index (χ1n) is 14.8. The monoisotopic (exact) mass is 537 g/mol. The van der Waals surface area contributed by atoms with Crippen LogP contribution < -0.4 is 4.74 Å². The van der Waals surface area contributed by atoms with Gasteiger partial charge >= 0.3 is 5.97 Å². The molecule has 4 heteroatoms. The summed E-state index contributed by atoms with van der Waals surface area (Å²) < 4.78 is 8.23. The number of aliphatic carboxylic acids is 1. The molecule has 0 aliphatic heterocycles. The lowest BCUT2D eigenvalue weighted by atomic mass is 10.0. The third-order valence-electron chi connectivity index (χ3n) is 7.61. The van der Waals surface area contributed by atoms with Crippen LogP contribution in [0.2, 0.25) is 0 Å². The van der Waals surface area contributed by atoms with Crippen molar-refractivity contribution in [2.45, 2.75) is 84.3 Å². The van der Waals surface area contributed by atoms with E-state index in [2.05, 4.69) is 54.8 Å². The predicted octanol–water partition coefficient (Wildman–Crippen LogP) is 8.68. The van der Waals surface area contributed by atoms with Crippen molar-refractivity contribution < 1.29 is 14.6 Å². The van der Waals surface area contributed by atoms with Crippen LogP contribution in [0.1, 0.15) is 67.8 Å². The third-order valence-corrected chi connectivity index (χ3v) is 7.61. The van der Waals surface area contributed by atoms with Crippen molar-refractivity contribution in [2.75, 3.05) is 0 Å². The lowest BCUT2D eigenvalue weighted by molar-refractivity contribution is -0.145. The summed E-state index contributed by atoms with van der Waals surface area (Å²) in [5.41, 5.74) is 7.29. The van der Waals surface area contributed by atoms with Crippen LogP contribution in [0.3, 0.4) is 0 Å². The number of benzene rings is 3. The second-order valence-corrected chi connectivity index (χ2v) is 10.8. The number of unbranched alkanes of at least 4 members (excludes halogenated alkanes) is 4. The molecule has 1 heterocycles. The van der Waals surface area contributed by atoms with Gasteiger partial charge < -0.3 is 14.4 Å². The minimum atomic E-state index is -0.963. The summed E-state index contributed by atoms with van der Waals surface area (Å²) in [5.74, 6) is -0.402. The number of nitrogens with zero attached hydrogens (tertiary/aromatic N) is 1. The number of hydrogen-bond donors (Lipinski definition) is 1. The molecule has 4 nitrogen and oxygen atoms in total. The predicted molar refractivity (Wildman–Crippen MR) is 164 cm³/mol. The Kier molecular flexibility index (Phi) is 11.0. The molecule has 0 saturated heterocycles. The van der Waals surface area contributed by atoms with E-state index in [-0.39, 0.29) is 0 Å². The number of aryl methyl sites for hydroxylation is 3. The number of carboxylic acids is 1. The molecule has 0 unspecified atom stereocenters. The number of carbonyl (C=O) groups is 1. The van der Waals surface area contributed by atoms with Gasteiger partial charge in [0.1, 0.15) is 5.75 Å². The summed E-state index contributed by atoms with van der Waals surface area (Å²) >= 11 is 0. The molecule has 40 heavy (non-hydrogen) atoms. The van der Waals surface area contributed by atoms with Crippen molar-refractivity contribution in [2.24, 2.45) is 0 Å². The highest BCUT2D eigenvalue weighted by molar-refractivity contribution is 5.73. The van der Waals surface area contributed by atoms with Crippen molar-refractivity contribution >= 4 is 5.97 Å². The molecule has 0 saturated carbocycles. The molecule has 210 valence electrons. The van der Waals surface area contributed by atoms with E-state index in [1.165, 1.54) is 61.0 Å². The summed E-state index contributed by atoms with van der Waals surface area (Å²) in [5, 5.41) is 9.68. The molecule has 3 aromatic carbocycles. The second-order valence-electron chi connectivity index (χ2n) is 10.8. The third kappa shape index (κ3) is 8.61. The molecule has 0 fully saturated rings. The molecule has 0 radical (unpaired) electrons. The molecule has 1 N–H and O–H groups in total. The van der Waals surface area contributed by atoms with Gasteiger partial charge in [0.2, 0.25) is 0 Å². The van der Waals surface area contributed by atoms with Gasteiger partial charge in [0.15, 0.2) is 6.10 Å². The Balaban J connectivity index is 1.31. The van der Waals surface area contributed by atoms with E-state index >= 15 is 0 Å². The maximum atomic E-state index is 11.8. The zero-order valence-electron chi connectivity index (χ0n) is 24.0. The lowest BCUT2D eigenvalue weighted by Crippen LogP contribution is -2.29. The molecule has 0 aliphatic carbocycles. The normalized spacial score (nSPS) is 11.8. The van der Waals surface area contributed by atoms with E-state index in [9.17, 15) is 9.90 Å². The number of carboxylic acid groups (broad SMARTS) is 1. The Morgan fingerprint density at radius 3 is 2.05 bits per heavy atom. The molecule has 0 spiro atoms. The van der Waals surface area contributed by atoms with E-state index < -0.39 is 12.1 Å². The maximum absolute atomic E-state index is 11.8. The Labute approximate surface area is 239 Å². The fourth-order valence-corrected chi connectivity index (χ4v) is 5.24. The van der Waals surface area contributed by atoms with Crippen LogP contribution in [0.4, 0.5) is 0 Å². The fraction of sp³-hybridized carbons (Fsp3) is 0.361.